The fourth-order valence-corrected chi connectivity index (χ4v) is 2.77. The van der Waals surface area contributed by atoms with Crippen LogP contribution in [-0.4, -0.2) is 41.1 Å². The molecule has 0 unspecified atom stereocenters. The maximum atomic E-state index is 4.62. The lowest BCUT2D eigenvalue weighted by Crippen LogP contribution is -2.44. The predicted molar refractivity (Wildman–Crippen MR) is 87.4 cm³/mol. The van der Waals surface area contributed by atoms with E-state index in [-0.39, 0.29) is 0 Å². The molecule has 0 atom stereocenters. The lowest BCUT2D eigenvalue weighted by atomic mass is 10.2. The summed E-state index contributed by atoms with van der Waals surface area (Å²) in [4.78, 5) is 15.7. The number of rotatable bonds is 3. The van der Waals surface area contributed by atoms with Gasteiger partial charge in [0.05, 0.1) is 17.6 Å². The van der Waals surface area contributed by atoms with Crippen molar-refractivity contribution in [3.8, 4) is 0 Å². The van der Waals surface area contributed by atoms with E-state index in [2.05, 4.69) is 48.7 Å². The molecule has 0 spiro atoms. The lowest BCUT2D eigenvalue weighted by Gasteiger charge is -2.27. The number of pyridine rings is 1. The summed E-state index contributed by atoms with van der Waals surface area (Å²) in [6.45, 7) is 3.83. The molecule has 0 amide bonds. The van der Waals surface area contributed by atoms with Crippen LogP contribution in [0.4, 0.5) is 17.5 Å². The molecule has 2 N–H and O–H groups in total. The fraction of sp³-hybridized carbons (Fsp3) is 0.312. The number of anilines is 3. The van der Waals surface area contributed by atoms with Crippen molar-refractivity contribution >= 4 is 23.5 Å². The zero-order valence-corrected chi connectivity index (χ0v) is 12.3. The van der Waals surface area contributed by atoms with Crippen LogP contribution in [-0.2, 0) is 6.42 Å². The number of piperazine rings is 1. The summed E-state index contributed by atoms with van der Waals surface area (Å²) in [6, 6.07) is 3.99. The summed E-state index contributed by atoms with van der Waals surface area (Å²) in [5, 5.41) is 6.66. The number of hydrogen-bond acceptors (Lipinski definition) is 6. The van der Waals surface area contributed by atoms with E-state index in [0.717, 1.165) is 55.7 Å². The Morgan fingerprint density at radius 3 is 3.00 bits per heavy atom. The van der Waals surface area contributed by atoms with Gasteiger partial charge in [-0.05, 0) is 17.7 Å². The third-order valence-corrected chi connectivity index (χ3v) is 3.93. The largest absolute Gasteiger partial charge is 0.339 e. The molecule has 3 heterocycles. The Morgan fingerprint density at radius 1 is 1.18 bits per heavy atom. The van der Waals surface area contributed by atoms with Crippen molar-refractivity contribution in [3.63, 3.8) is 0 Å². The average molecular weight is 294 g/mol. The van der Waals surface area contributed by atoms with E-state index >= 15 is 0 Å². The molecule has 2 aliphatic rings. The van der Waals surface area contributed by atoms with Crippen LogP contribution < -0.4 is 15.5 Å². The van der Waals surface area contributed by atoms with Crippen LogP contribution in [0.15, 0.2) is 30.6 Å². The first-order valence-electron chi connectivity index (χ1n) is 7.60. The third kappa shape index (κ3) is 2.65. The first kappa shape index (κ1) is 13.2. The van der Waals surface area contributed by atoms with Crippen LogP contribution in [0.1, 0.15) is 11.3 Å². The molecule has 1 aliphatic heterocycles. The van der Waals surface area contributed by atoms with Gasteiger partial charge in [-0.15, -0.1) is 0 Å². The molecule has 2 aromatic heterocycles. The molecule has 1 fully saturated rings. The van der Waals surface area contributed by atoms with Gasteiger partial charge in [0.1, 0.15) is 5.82 Å². The predicted octanol–water partition coefficient (Wildman–Crippen LogP) is 1.59. The molecule has 1 aliphatic carbocycles. The molecule has 6 heteroatoms. The van der Waals surface area contributed by atoms with Gasteiger partial charge in [0.25, 0.3) is 0 Å². The summed E-state index contributed by atoms with van der Waals surface area (Å²) in [5.74, 6) is 1.58. The molecule has 4 rings (SSSR count). The van der Waals surface area contributed by atoms with E-state index < -0.39 is 0 Å². The van der Waals surface area contributed by atoms with Crippen molar-refractivity contribution in [1.29, 1.82) is 0 Å². The Balaban J connectivity index is 1.54. The minimum Gasteiger partial charge on any atom is -0.339 e. The highest BCUT2D eigenvalue weighted by atomic mass is 15.3. The maximum absolute atomic E-state index is 4.62. The van der Waals surface area contributed by atoms with Crippen molar-refractivity contribution < 1.29 is 0 Å². The maximum Gasteiger partial charge on any atom is 0.227 e. The monoisotopic (exact) mass is 294 g/mol. The van der Waals surface area contributed by atoms with Gasteiger partial charge < -0.3 is 15.5 Å². The van der Waals surface area contributed by atoms with Crippen molar-refractivity contribution in [3.05, 3.63) is 41.9 Å². The summed E-state index contributed by atoms with van der Waals surface area (Å²) in [6.07, 6.45) is 8.83. The molecule has 0 saturated carbocycles. The number of hydrogen-bond donors (Lipinski definition) is 2. The van der Waals surface area contributed by atoms with Gasteiger partial charge in [0, 0.05) is 38.8 Å². The van der Waals surface area contributed by atoms with Crippen LogP contribution in [0.5, 0.6) is 0 Å². The topological polar surface area (TPSA) is 66.0 Å². The van der Waals surface area contributed by atoms with Gasteiger partial charge in [-0.25, -0.2) is 4.98 Å². The van der Waals surface area contributed by atoms with Gasteiger partial charge >= 0.3 is 0 Å². The Hall–Kier alpha value is -2.47. The highest BCUT2D eigenvalue weighted by Crippen LogP contribution is 2.23. The quantitative estimate of drug-likeness (QED) is 0.896. The highest BCUT2D eigenvalue weighted by Gasteiger charge is 2.13. The first-order valence-corrected chi connectivity index (χ1v) is 7.60. The van der Waals surface area contributed by atoms with Crippen LogP contribution in [0.25, 0.3) is 6.08 Å². The molecule has 0 bridgehead atoms. The van der Waals surface area contributed by atoms with Crippen molar-refractivity contribution in [2.75, 3.05) is 36.4 Å². The third-order valence-electron chi connectivity index (χ3n) is 3.93. The van der Waals surface area contributed by atoms with Crippen molar-refractivity contribution in [1.82, 2.24) is 20.3 Å². The van der Waals surface area contributed by atoms with Crippen molar-refractivity contribution in [2.45, 2.75) is 6.42 Å². The van der Waals surface area contributed by atoms with Crippen LogP contribution in [0.3, 0.4) is 0 Å². The Kier molecular flexibility index (Phi) is 3.44. The average Bonchev–Trinajstić information content (AvgIpc) is 3.04. The zero-order chi connectivity index (χ0) is 14.8. The number of allylic oxidation sites excluding steroid dienone is 1. The van der Waals surface area contributed by atoms with Gasteiger partial charge in [-0.3, -0.25) is 4.98 Å². The van der Waals surface area contributed by atoms with Gasteiger partial charge in [0.15, 0.2) is 0 Å². The van der Waals surface area contributed by atoms with Gasteiger partial charge in [-0.1, -0.05) is 12.2 Å². The number of fused-ring (bicyclic) bond motifs is 1. The second-order valence-electron chi connectivity index (χ2n) is 5.47. The molecule has 112 valence electrons. The van der Waals surface area contributed by atoms with Gasteiger partial charge in [-0.2, -0.15) is 4.98 Å². The summed E-state index contributed by atoms with van der Waals surface area (Å²) < 4.78 is 0. The second-order valence-corrected chi connectivity index (χ2v) is 5.47. The highest BCUT2D eigenvalue weighted by molar-refractivity contribution is 5.65. The molecule has 0 radical (unpaired) electrons. The summed E-state index contributed by atoms with van der Waals surface area (Å²) >= 11 is 0. The minimum absolute atomic E-state index is 0.778. The van der Waals surface area contributed by atoms with Gasteiger partial charge in [0.2, 0.25) is 5.95 Å². The lowest BCUT2D eigenvalue weighted by molar-refractivity contribution is 0.580. The smallest absolute Gasteiger partial charge is 0.227 e. The molecule has 0 aromatic carbocycles. The van der Waals surface area contributed by atoms with E-state index in [9.17, 15) is 0 Å². The first-order chi connectivity index (χ1) is 10.9. The normalized spacial score (nSPS) is 16.6. The summed E-state index contributed by atoms with van der Waals surface area (Å²) in [5.41, 5.74) is 3.27. The van der Waals surface area contributed by atoms with Crippen LogP contribution in [0.2, 0.25) is 0 Å². The minimum atomic E-state index is 0.778. The van der Waals surface area contributed by atoms with Crippen molar-refractivity contribution in [2.24, 2.45) is 0 Å². The number of nitrogens with zero attached hydrogens (tertiary/aromatic N) is 4. The molecule has 1 saturated heterocycles. The number of aromatic nitrogens is 3. The van der Waals surface area contributed by atoms with E-state index in [1.807, 2.05) is 12.3 Å². The zero-order valence-electron chi connectivity index (χ0n) is 12.3. The Labute approximate surface area is 129 Å². The van der Waals surface area contributed by atoms with E-state index in [1.54, 1.807) is 6.20 Å². The Bertz CT molecular complexity index is 706. The van der Waals surface area contributed by atoms with E-state index in [4.69, 9.17) is 0 Å². The molecule has 2 aromatic rings. The molecule has 22 heavy (non-hydrogen) atoms. The Morgan fingerprint density at radius 2 is 2.09 bits per heavy atom. The molecular formula is C16H18N6. The molecule has 6 nitrogen and oxygen atoms in total. The fourth-order valence-electron chi connectivity index (χ4n) is 2.77. The second kappa shape index (κ2) is 5.73. The molecular weight excluding hydrogens is 276 g/mol. The van der Waals surface area contributed by atoms with Crippen LogP contribution in [0, 0.1) is 0 Å². The van der Waals surface area contributed by atoms with E-state index in [1.165, 1.54) is 5.56 Å². The standard InChI is InChI=1S/C16H18N6/c1-2-12-10-13(11-19-14(12)3-1)20-15-4-5-18-16(21-15)22-8-6-17-7-9-22/h1-2,4-5,10-11,17H,3,6-9H2,(H,18,20,21). The summed E-state index contributed by atoms with van der Waals surface area (Å²) in [7, 11) is 0. The number of nitrogens with one attached hydrogen (secondary N) is 2. The van der Waals surface area contributed by atoms with E-state index in [0.29, 0.717) is 0 Å². The SMILES string of the molecule is C1=Cc2cc(Nc3ccnc(N4CCNCC4)n3)cnc2C1. The van der Waals surface area contributed by atoms with Crippen LogP contribution >= 0.6 is 0 Å².